The Morgan fingerprint density at radius 2 is 2.00 bits per heavy atom. The van der Waals surface area contributed by atoms with Gasteiger partial charge in [-0.15, -0.1) is 12.4 Å². The second-order valence-corrected chi connectivity index (χ2v) is 5.92. The van der Waals surface area contributed by atoms with Gasteiger partial charge in [0, 0.05) is 45.3 Å². The number of carbonyl (C=O) groups excluding carboxylic acids is 1. The molecule has 2 saturated heterocycles. The molecule has 0 aromatic heterocycles. The molecule has 1 amide bonds. The number of halogens is 2. The summed E-state index contributed by atoms with van der Waals surface area (Å²) in [4.78, 5) is 16.7. The Balaban J connectivity index is 0.00000176. The average Bonchev–Trinajstić information content (AvgIpc) is 3.00. The molecule has 0 aliphatic carbocycles. The van der Waals surface area contributed by atoms with Gasteiger partial charge in [-0.2, -0.15) is 0 Å². The number of nitrogens with zero attached hydrogens (tertiary/aromatic N) is 2. The number of likely N-dealkylation sites (tertiary alicyclic amines) is 1. The SMILES string of the molecule is Cc1cccc(C(=O)N2CCC(N3CCNCC3)C2)c1F.Cl. The summed E-state index contributed by atoms with van der Waals surface area (Å²) in [7, 11) is 0. The maximum atomic E-state index is 14.1. The number of benzene rings is 1. The maximum Gasteiger partial charge on any atom is 0.256 e. The van der Waals surface area contributed by atoms with Crippen LogP contribution in [0.4, 0.5) is 4.39 Å². The first-order valence-corrected chi connectivity index (χ1v) is 7.66. The minimum Gasteiger partial charge on any atom is -0.337 e. The summed E-state index contributed by atoms with van der Waals surface area (Å²) in [6.45, 7) is 7.22. The topological polar surface area (TPSA) is 35.6 Å². The van der Waals surface area contributed by atoms with Crippen LogP contribution in [0.3, 0.4) is 0 Å². The summed E-state index contributed by atoms with van der Waals surface area (Å²) in [5, 5.41) is 3.34. The highest BCUT2D eigenvalue weighted by atomic mass is 35.5. The Bertz CT molecular complexity index is 534. The van der Waals surface area contributed by atoms with Crippen molar-refractivity contribution in [3.8, 4) is 0 Å². The second-order valence-electron chi connectivity index (χ2n) is 5.92. The Morgan fingerprint density at radius 1 is 1.27 bits per heavy atom. The fourth-order valence-electron chi connectivity index (χ4n) is 3.25. The van der Waals surface area contributed by atoms with Gasteiger partial charge in [-0.25, -0.2) is 4.39 Å². The summed E-state index contributed by atoms with van der Waals surface area (Å²) < 4.78 is 14.1. The van der Waals surface area contributed by atoms with Crippen LogP contribution in [0.25, 0.3) is 0 Å². The van der Waals surface area contributed by atoms with Crippen molar-refractivity contribution in [1.29, 1.82) is 0 Å². The molecule has 2 aliphatic heterocycles. The minimum absolute atomic E-state index is 0. The van der Waals surface area contributed by atoms with Crippen LogP contribution in [0.1, 0.15) is 22.3 Å². The zero-order valence-electron chi connectivity index (χ0n) is 12.8. The van der Waals surface area contributed by atoms with Crippen molar-refractivity contribution >= 4 is 18.3 Å². The van der Waals surface area contributed by atoms with Crippen molar-refractivity contribution in [2.45, 2.75) is 19.4 Å². The van der Waals surface area contributed by atoms with Crippen LogP contribution in [0.5, 0.6) is 0 Å². The molecule has 2 fully saturated rings. The van der Waals surface area contributed by atoms with E-state index in [0.29, 0.717) is 18.2 Å². The van der Waals surface area contributed by atoms with Crippen molar-refractivity contribution < 1.29 is 9.18 Å². The van der Waals surface area contributed by atoms with Crippen molar-refractivity contribution in [1.82, 2.24) is 15.1 Å². The fourth-order valence-corrected chi connectivity index (χ4v) is 3.25. The van der Waals surface area contributed by atoms with Crippen LogP contribution in [0.15, 0.2) is 18.2 Å². The zero-order chi connectivity index (χ0) is 14.8. The average molecular weight is 328 g/mol. The molecule has 22 heavy (non-hydrogen) atoms. The molecule has 2 heterocycles. The standard InChI is InChI=1S/C16H22FN3O.ClH/c1-12-3-2-4-14(15(12)17)16(21)20-8-5-13(11-20)19-9-6-18-7-10-19;/h2-4,13,18H,5-11H2,1H3;1H. The molecule has 3 rings (SSSR count). The fraction of sp³-hybridized carbons (Fsp3) is 0.562. The largest absolute Gasteiger partial charge is 0.337 e. The molecule has 1 aromatic carbocycles. The molecule has 1 unspecified atom stereocenters. The van der Waals surface area contributed by atoms with Crippen LogP contribution in [-0.2, 0) is 0 Å². The molecule has 6 heteroatoms. The van der Waals surface area contributed by atoms with Crippen molar-refractivity contribution in [2.24, 2.45) is 0 Å². The van der Waals surface area contributed by atoms with E-state index in [2.05, 4.69) is 10.2 Å². The number of rotatable bonds is 2. The second kappa shape index (κ2) is 7.40. The third-order valence-corrected chi connectivity index (χ3v) is 4.54. The third-order valence-electron chi connectivity index (χ3n) is 4.54. The highest BCUT2D eigenvalue weighted by molar-refractivity contribution is 5.94. The van der Waals surface area contributed by atoms with E-state index in [9.17, 15) is 9.18 Å². The van der Waals surface area contributed by atoms with E-state index in [-0.39, 0.29) is 29.7 Å². The predicted molar refractivity (Wildman–Crippen MR) is 87.1 cm³/mol. The number of nitrogens with one attached hydrogen (secondary N) is 1. The first-order chi connectivity index (χ1) is 10.2. The normalized spacial score (nSPS) is 22.5. The van der Waals surface area contributed by atoms with E-state index in [1.165, 1.54) is 0 Å². The van der Waals surface area contributed by atoms with E-state index < -0.39 is 0 Å². The minimum atomic E-state index is -0.381. The summed E-state index contributed by atoms with van der Waals surface area (Å²) in [5.74, 6) is -0.554. The van der Waals surface area contributed by atoms with Crippen molar-refractivity contribution in [2.75, 3.05) is 39.3 Å². The van der Waals surface area contributed by atoms with Gasteiger partial charge in [-0.05, 0) is 25.0 Å². The summed E-state index contributed by atoms with van der Waals surface area (Å²) >= 11 is 0. The van der Waals surface area contributed by atoms with Crippen molar-refractivity contribution in [3.63, 3.8) is 0 Å². The number of amides is 1. The predicted octanol–water partition coefficient (Wildman–Crippen LogP) is 1.68. The monoisotopic (exact) mass is 327 g/mol. The van der Waals surface area contributed by atoms with Gasteiger partial charge in [0.05, 0.1) is 5.56 Å². The molecule has 0 saturated carbocycles. The Hall–Kier alpha value is -1.17. The van der Waals surface area contributed by atoms with Crippen LogP contribution in [0.2, 0.25) is 0 Å². The Morgan fingerprint density at radius 3 is 2.73 bits per heavy atom. The first-order valence-electron chi connectivity index (χ1n) is 7.66. The Kier molecular flexibility index (Phi) is 5.78. The van der Waals surface area contributed by atoms with Crippen LogP contribution in [-0.4, -0.2) is 61.0 Å². The lowest BCUT2D eigenvalue weighted by atomic mass is 10.1. The molecule has 2 aliphatic rings. The number of hydrogen-bond donors (Lipinski definition) is 1. The molecule has 122 valence electrons. The number of carbonyl (C=O) groups is 1. The van der Waals surface area contributed by atoms with E-state index in [0.717, 1.165) is 39.1 Å². The highest BCUT2D eigenvalue weighted by Crippen LogP contribution is 2.20. The van der Waals surface area contributed by atoms with Gasteiger partial charge in [0.2, 0.25) is 0 Å². The molecule has 1 N–H and O–H groups in total. The van der Waals surface area contributed by atoms with E-state index in [1.807, 2.05) is 0 Å². The van der Waals surface area contributed by atoms with Crippen LogP contribution in [0, 0.1) is 12.7 Å². The lowest BCUT2D eigenvalue weighted by Crippen LogP contribution is -2.49. The maximum absolute atomic E-state index is 14.1. The molecular weight excluding hydrogens is 305 g/mol. The molecular formula is C16H23ClFN3O. The Labute approximate surface area is 137 Å². The van der Waals surface area contributed by atoms with Crippen LogP contribution >= 0.6 is 12.4 Å². The summed E-state index contributed by atoms with van der Waals surface area (Å²) in [6.07, 6.45) is 0.985. The third kappa shape index (κ3) is 3.42. The molecule has 0 radical (unpaired) electrons. The van der Waals surface area contributed by atoms with Gasteiger partial charge in [0.1, 0.15) is 5.82 Å². The van der Waals surface area contributed by atoms with Crippen LogP contribution < -0.4 is 5.32 Å². The van der Waals surface area contributed by atoms with E-state index in [4.69, 9.17) is 0 Å². The molecule has 1 aromatic rings. The van der Waals surface area contributed by atoms with Gasteiger partial charge < -0.3 is 10.2 Å². The van der Waals surface area contributed by atoms with Gasteiger partial charge in [0.25, 0.3) is 5.91 Å². The summed E-state index contributed by atoms with van der Waals surface area (Å²) in [5.41, 5.74) is 0.731. The molecule has 0 bridgehead atoms. The van der Waals surface area contributed by atoms with Gasteiger partial charge in [-0.1, -0.05) is 12.1 Å². The van der Waals surface area contributed by atoms with Gasteiger partial charge in [-0.3, -0.25) is 9.69 Å². The smallest absolute Gasteiger partial charge is 0.256 e. The number of hydrogen-bond acceptors (Lipinski definition) is 3. The van der Waals surface area contributed by atoms with Gasteiger partial charge >= 0.3 is 0 Å². The van der Waals surface area contributed by atoms with E-state index in [1.54, 1.807) is 30.0 Å². The quantitative estimate of drug-likeness (QED) is 0.897. The molecule has 1 atom stereocenters. The lowest BCUT2D eigenvalue weighted by Gasteiger charge is -2.32. The first kappa shape index (κ1) is 17.2. The highest BCUT2D eigenvalue weighted by Gasteiger charge is 2.32. The summed E-state index contributed by atoms with van der Waals surface area (Å²) in [6, 6.07) is 5.45. The number of aryl methyl sites for hydroxylation is 1. The lowest BCUT2D eigenvalue weighted by molar-refractivity contribution is 0.0768. The van der Waals surface area contributed by atoms with E-state index >= 15 is 0 Å². The van der Waals surface area contributed by atoms with Gasteiger partial charge in [0.15, 0.2) is 0 Å². The van der Waals surface area contributed by atoms with Crippen molar-refractivity contribution in [3.05, 3.63) is 35.1 Å². The number of piperazine rings is 1. The molecule has 4 nitrogen and oxygen atoms in total. The zero-order valence-corrected chi connectivity index (χ0v) is 13.7. The molecule has 0 spiro atoms.